The van der Waals surface area contributed by atoms with E-state index in [1.807, 2.05) is 21.0 Å². The van der Waals surface area contributed by atoms with Crippen LogP contribution in [0.3, 0.4) is 0 Å². The van der Waals surface area contributed by atoms with E-state index in [-0.39, 0.29) is 6.04 Å². The van der Waals surface area contributed by atoms with Crippen LogP contribution in [0.25, 0.3) is 0 Å². The second kappa shape index (κ2) is 5.12. The summed E-state index contributed by atoms with van der Waals surface area (Å²) in [6, 6.07) is 0.129. The highest BCUT2D eigenvalue weighted by Crippen LogP contribution is 2.06. The molecule has 0 aliphatic carbocycles. The zero-order valence-electron chi connectivity index (χ0n) is 9.16. The number of nitrogens with zero attached hydrogens (tertiary/aromatic N) is 2. The average Bonchev–Trinajstić information content (AvgIpc) is 2.47. The van der Waals surface area contributed by atoms with Crippen LogP contribution in [0.1, 0.15) is 18.6 Å². The molecule has 1 heterocycles. The van der Waals surface area contributed by atoms with E-state index in [0.29, 0.717) is 0 Å². The Hall–Kier alpha value is -0.870. The van der Waals surface area contributed by atoms with Gasteiger partial charge in [0.2, 0.25) is 0 Å². The molecule has 0 spiro atoms. The molecule has 1 atom stereocenters. The molecule has 0 saturated heterocycles. The maximum atomic E-state index is 5.66. The Balaban J connectivity index is 2.42. The molecule has 0 bridgehead atoms. The number of hydrogen-bond donors (Lipinski definition) is 1. The molecule has 0 radical (unpaired) electrons. The fraction of sp³-hybridized carbons (Fsp3) is 0.700. The highest BCUT2D eigenvalue weighted by atomic mass is 16.4. The van der Waals surface area contributed by atoms with E-state index in [4.69, 9.17) is 10.2 Å². The number of likely N-dealkylation sites (N-methyl/N-ethyl adjacent to an activating group) is 1. The van der Waals surface area contributed by atoms with Crippen molar-refractivity contribution in [2.24, 2.45) is 5.73 Å². The zero-order valence-corrected chi connectivity index (χ0v) is 9.16. The first-order chi connectivity index (χ1) is 6.58. The Morgan fingerprint density at radius 3 is 2.86 bits per heavy atom. The van der Waals surface area contributed by atoms with Crippen molar-refractivity contribution in [3.63, 3.8) is 0 Å². The molecule has 4 nitrogen and oxygen atoms in total. The van der Waals surface area contributed by atoms with Crippen LogP contribution in [0.2, 0.25) is 0 Å². The molecule has 1 aromatic heterocycles. The predicted octanol–water partition coefficient (Wildman–Crippen LogP) is 0.668. The number of rotatable bonds is 5. The van der Waals surface area contributed by atoms with Crippen LogP contribution in [-0.2, 0) is 12.8 Å². The molecule has 0 amide bonds. The SMILES string of the molecule is CC(N)Cc1cnc(CCN(C)C)o1. The fourth-order valence-corrected chi connectivity index (χ4v) is 1.19. The lowest BCUT2D eigenvalue weighted by molar-refractivity contribution is 0.375. The molecule has 0 fully saturated rings. The van der Waals surface area contributed by atoms with Gasteiger partial charge in [0.05, 0.1) is 6.20 Å². The van der Waals surface area contributed by atoms with Crippen molar-refractivity contribution in [3.8, 4) is 0 Å². The molecule has 0 saturated carbocycles. The summed E-state index contributed by atoms with van der Waals surface area (Å²) in [7, 11) is 4.07. The lowest BCUT2D eigenvalue weighted by Gasteiger charge is -2.06. The van der Waals surface area contributed by atoms with Crippen molar-refractivity contribution in [2.45, 2.75) is 25.8 Å². The maximum Gasteiger partial charge on any atom is 0.195 e. The van der Waals surface area contributed by atoms with E-state index in [9.17, 15) is 0 Å². The Morgan fingerprint density at radius 2 is 2.29 bits per heavy atom. The van der Waals surface area contributed by atoms with Crippen molar-refractivity contribution in [1.29, 1.82) is 0 Å². The maximum absolute atomic E-state index is 5.66. The highest BCUT2D eigenvalue weighted by Gasteiger charge is 2.05. The van der Waals surface area contributed by atoms with Gasteiger partial charge in [0, 0.05) is 25.4 Å². The van der Waals surface area contributed by atoms with Crippen LogP contribution in [0.4, 0.5) is 0 Å². The monoisotopic (exact) mass is 197 g/mol. The molecule has 0 aromatic carbocycles. The largest absolute Gasteiger partial charge is 0.446 e. The Labute approximate surface area is 85.1 Å². The summed E-state index contributed by atoms with van der Waals surface area (Å²) < 4.78 is 5.53. The lowest BCUT2D eigenvalue weighted by Crippen LogP contribution is -2.17. The minimum Gasteiger partial charge on any atom is -0.446 e. The van der Waals surface area contributed by atoms with Gasteiger partial charge in [-0.15, -0.1) is 0 Å². The minimum absolute atomic E-state index is 0.129. The molecular formula is C10H19N3O. The van der Waals surface area contributed by atoms with Gasteiger partial charge in [-0.25, -0.2) is 4.98 Å². The second-order valence-electron chi connectivity index (χ2n) is 3.95. The lowest BCUT2D eigenvalue weighted by atomic mass is 10.2. The van der Waals surface area contributed by atoms with E-state index in [1.54, 1.807) is 6.20 Å². The van der Waals surface area contributed by atoms with Crippen molar-refractivity contribution in [2.75, 3.05) is 20.6 Å². The van der Waals surface area contributed by atoms with Gasteiger partial charge in [0.25, 0.3) is 0 Å². The normalized spacial score (nSPS) is 13.5. The molecule has 1 aromatic rings. The van der Waals surface area contributed by atoms with E-state index in [0.717, 1.165) is 31.0 Å². The van der Waals surface area contributed by atoms with Crippen LogP contribution in [0, 0.1) is 0 Å². The van der Waals surface area contributed by atoms with Crippen molar-refractivity contribution in [1.82, 2.24) is 9.88 Å². The van der Waals surface area contributed by atoms with Crippen molar-refractivity contribution < 1.29 is 4.42 Å². The zero-order chi connectivity index (χ0) is 10.6. The van der Waals surface area contributed by atoms with Gasteiger partial charge in [0.1, 0.15) is 5.76 Å². The molecular weight excluding hydrogens is 178 g/mol. The first-order valence-corrected chi connectivity index (χ1v) is 4.92. The van der Waals surface area contributed by atoms with Crippen LogP contribution in [-0.4, -0.2) is 36.6 Å². The third-order valence-corrected chi connectivity index (χ3v) is 1.90. The summed E-state index contributed by atoms with van der Waals surface area (Å²) >= 11 is 0. The summed E-state index contributed by atoms with van der Waals surface area (Å²) in [5, 5.41) is 0. The summed E-state index contributed by atoms with van der Waals surface area (Å²) in [4.78, 5) is 6.30. The van der Waals surface area contributed by atoms with Crippen molar-refractivity contribution >= 4 is 0 Å². The molecule has 1 rings (SSSR count). The highest BCUT2D eigenvalue weighted by molar-refractivity contribution is 4.96. The molecule has 0 aliphatic rings. The Bertz CT molecular complexity index is 268. The van der Waals surface area contributed by atoms with Gasteiger partial charge in [0.15, 0.2) is 5.89 Å². The molecule has 2 N–H and O–H groups in total. The van der Waals surface area contributed by atoms with Crippen LogP contribution in [0.15, 0.2) is 10.6 Å². The molecule has 0 aliphatic heterocycles. The number of aromatic nitrogens is 1. The Kier molecular flexibility index (Phi) is 4.10. The van der Waals surface area contributed by atoms with Gasteiger partial charge >= 0.3 is 0 Å². The summed E-state index contributed by atoms with van der Waals surface area (Å²) in [6.07, 6.45) is 3.38. The number of oxazole rings is 1. The minimum atomic E-state index is 0.129. The van der Waals surface area contributed by atoms with Gasteiger partial charge in [-0.2, -0.15) is 0 Å². The van der Waals surface area contributed by atoms with Gasteiger partial charge in [-0.05, 0) is 21.0 Å². The molecule has 4 heteroatoms. The standard InChI is InChI=1S/C10H19N3O/c1-8(11)6-9-7-12-10(14-9)4-5-13(2)3/h7-8H,4-6,11H2,1-3H3. The quantitative estimate of drug-likeness (QED) is 0.753. The first-order valence-electron chi connectivity index (χ1n) is 4.92. The van der Waals surface area contributed by atoms with Crippen LogP contribution >= 0.6 is 0 Å². The third-order valence-electron chi connectivity index (χ3n) is 1.90. The van der Waals surface area contributed by atoms with Crippen LogP contribution < -0.4 is 5.73 Å². The van der Waals surface area contributed by atoms with Crippen molar-refractivity contribution in [3.05, 3.63) is 17.8 Å². The van der Waals surface area contributed by atoms with E-state index < -0.39 is 0 Å². The van der Waals surface area contributed by atoms with Gasteiger partial charge in [-0.3, -0.25) is 0 Å². The summed E-state index contributed by atoms with van der Waals surface area (Å²) in [5.74, 6) is 1.68. The number of hydrogen-bond acceptors (Lipinski definition) is 4. The fourth-order valence-electron chi connectivity index (χ4n) is 1.19. The summed E-state index contributed by atoms with van der Waals surface area (Å²) in [5.41, 5.74) is 5.66. The second-order valence-corrected chi connectivity index (χ2v) is 3.95. The summed E-state index contributed by atoms with van der Waals surface area (Å²) in [6.45, 7) is 2.92. The Morgan fingerprint density at radius 1 is 1.57 bits per heavy atom. The third kappa shape index (κ3) is 3.89. The smallest absolute Gasteiger partial charge is 0.195 e. The van der Waals surface area contributed by atoms with E-state index in [1.165, 1.54) is 0 Å². The van der Waals surface area contributed by atoms with E-state index in [2.05, 4.69) is 9.88 Å². The van der Waals surface area contributed by atoms with Crippen LogP contribution in [0.5, 0.6) is 0 Å². The van der Waals surface area contributed by atoms with Gasteiger partial charge in [-0.1, -0.05) is 0 Å². The predicted molar refractivity (Wildman–Crippen MR) is 56.1 cm³/mol. The average molecular weight is 197 g/mol. The topological polar surface area (TPSA) is 55.3 Å². The van der Waals surface area contributed by atoms with E-state index >= 15 is 0 Å². The molecule has 1 unspecified atom stereocenters. The number of nitrogens with two attached hydrogens (primary N) is 1. The first kappa shape index (κ1) is 11.2. The molecule has 80 valence electrons. The van der Waals surface area contributed by atoms with Gasteiger partial charge < -0.3 is 15.1 Å². The molecule has 14 heavy (non-hydrogen) atoms.